The SMILES string of the molecule is CCCNC(=O)NC(=O)COC(=O)c1cc([N+](=O)[O-])ccc1N(C)C. The number of non-ortho nitro benzene ring substituents is 1. The number of benzene rings is 1. The largest absolute Gasteiger partial charge is 0.452 e. The lowest BCUT2D eigenvalue weighted by Crippen LogP contribution is -2.41. The van der Waals surface area contributed by atoms with E-state index in [9.17, 15) is 24.5 Å². The maximum absolute atomic E-state index is 12.2. The van der Waals surface area contributed by atoms with Crippen molar-refractivity contribution in [3.05, 3.63) is 33.9 Å². The molecule has 25 heavy (non-hydrogen) atoms. The zero-order valence-electron chi connectivity index (χ0n) is 14.2. The quantitative estimate of drug-likeness (QED) is 0.426. The van der Waals surface area contributed by atoms with Crippen LogP contribution in [0.1, 0.15) is 23.7 Å². The van der Waals surface area contributed by atoms with Crippen molar-refractivity contribution >= 4 is 29.3 Å². The highest BCUT2D eigenvalue weighted by Crippen LogP contribution is 2.24. The minimum absolute atomic E-state index is 0.0533. The Kier molecular flexibility index (Phi) is 7.32. The van der Waals surface area contributed by atoms with Crippen molar-refractivity contribution in [1.29, 1.82) is 0 Å². The van der Waals surface area contributed by atoms with E-state index < -0.39 is 29.4 Å². The number of imide groups is 1. The maximum Gasteiger partial charge on any atom is 0.341 e. The van der Waals surface area contributed by atoms with Crippen LogP contribution in [-0.4, -0.2) is 50.1 Å². The first-order valence-corrected chi connectivity index (χ1v) is 7.46. The first-order chi connectivity index (χ1) is 11.8. The van der Waals surface area contributed by atoms with Gasteiger partial charge in [-0.25, -0.2) is 9.59 Å². The normalized spacial score (nSPS) is 9.88. The molecule has 136 valence electrons. The number of esters is 1. The number of urea groups is 1. The molecule has 1 aromatic rings. The van der Waals surface area contributed by atoms with E-state index in [1.165, 1.54) is 12.1 Å². The molecule has 0 heterocycles. The van der Waals surface area contributed by atoms with Crippen LogP contribution in [-0.2, 0) is 9.53 Å². The Morgan fingerprint density at radius 3 is 2.52 bits per heavy atom. The van der Waals surface area contributed by atoms with Crippen molar-refractivity contribution in [2.24, 2.45) is 0 Å². The van der Waals surface area contributed by atoms with Crippen LogP contribution in [0.25, 0.3) is 0 Å². The summed E-state index contributed by atoms with van der Waals surface area (Å²) in [5.41, 5.74) is 0.0695. The Balaban J connectivity index is 2.76. The third-order valence-corrected chi connectivity index (χ3v) is 3.02. The Labute approximate surface area is 144 Å². The topological polar surface area (TPSA) is 131 Å². The van der Waals surface area contributed by atoms with Crippen LogP contribution in [0, 0.1) is 10.1 Å². The number of carbonyl (C=O) groups is 3. The highest BCUT2D eigenvalue weighted by molar-refractivity contribution is 5.99. The van der Waals surface area contributed by atoms with Crippen molar-refractivity contribution in [3.8, 4) is 0 Å². The number of nitrogens with zero attached hydrogens (tertiary/aromatic N) is 2. The van der Waals surface area contributed by atoms with Gasteiger partial charge in [-0.05, 0) is 12.5 Å². The highest BCUT2D eigenvalue weighted by atomic mass is 16.6. The smallest absolute Gasteiger partial charge is 0.341 e. The summed E-state index contributed by atoms with van der Waals surface area (Å²) in [6.07, 6.45) is 0.705. The molecule has 0 aliphatic carbocycles. The van der Waals surface area contributed by atoms with Crippen LogP contribution >= 0.6 is 0 Å². The molecule has 1 rings (SSSR count). The predicted molar refractivity (Wildman–Crippen MR) is 89.5 cm³/mol. The van der Waals surface area contributed by atoms with Gasteiger partial charge in [0.25, 0.3) is 11.6 Å². The molecule has 0 spiro atoms. The molecule has 0 fully saturated rings. The molecule has 0 saturated heterocycles. The van der Waals surface area contributed by atoms with Gasteiger partial charge >= 0.3 is 12.0 Å². The van der Waals surface area contributed by atoms with Crippen LogP contribution in [0.2, 0.25) is 0 Å². The number of hydrogen-bond donors (Lipinski definition) is 2. The van der Waals surface area contributed by atoms with E-state index in [4.69, 9.17) is 4.74 Å². The molecule has 0 atom stereocenters. The van der Waals surface area contributed by atoms with Crippen LogP contribution in [0.3, 0.4) is 0 Å². The average Bonchev–Trinajstić information content (AvgIpc) is 2.57. The number of carbonyl (C=O) groups excluding carboxylic acids is 3. The zero-order chi connectivity index (χ0) is 19.0. The summed E-state index contributed by atoms with van der Waals surface area (Å²) in [4.78, 5) is 46.9. The molecule has 10 heteroatoms. The van der Waals surface area contributed by atoms with Gasteiger partial charge in [-0.3, -0.25) is 20.2 Å². The average molecular weight is 352 g/mol. The first-order valence-electron chi connectivity index (χ1n) is 7.46. The van der Waals surface area contributed by atoms with Crippen LogP contribution in [0.15, 0.2) is 18.2 Å². The molecule has 0 unspecified atom stereocenters. The Morgan fingerprint density at radius 1 is 1.28 bits per heavy atom. The summed E-state index contributed by atoms with van der Waals surface area (Å²) >= 11 is 0. The third kappa shape index (κ3) is 6.09. The fourth-order valence-corrected chi connectivity index (χ4v) is 1.85. The van der Waals surface area contributed by atoms with Crippen molar-refractivity contribution in [1.82, 2.24) is 10.6 Å². The number of nitrogens with one attached hydrogen (secondary N) is 2. The molecule has 0 bridgehead atoms. The summed E-state index contributed by atoms with van der Waals surface area (Å²) < 4.78 is 4.84. The van der Waals surface area contributed by atoms with Crippen LogP contribution in [0.5, 0.6) is 0 Å². The molecule has 3 amide bonds. The van der Waals surface area contributed by atoms with Gasteiger partial charge in [0.2, 0.25) is 0 Å². The number of anilines is 1. The van der Waals surface area contributed by atoms with Gasteiger partial charge in [0.1, 0.15) is 0 Å². The van der Waals surface area contributed by atoms with Crippen molar-refractivity contribution in [3.63, 3.8) is 0 Å². The lowest BCUT2D eigenvalue weighted by atomic mass is 10.1. The summed E-state index contributed by atoms with van der Waals surface area (Å²) in [6.45, 7) is 1.57. The van der Waals surface area contributed by atoms with Gasteiger partial charge in [0.05, 0.1) is 16.2 Å². The standard InChI is InChI=1S/C15H20N4O6/c1-4-7-16-15(22)17-13(20)9-25-14(21)11-8-10(19(23)24)5-6-12(11)18(2)3/h5-6,8H,4,7,9H2,1-3H3,(H2,16,17,20,22). The maximum atomic E-state index is 12.2. The highest BCUT2D eigenvalue weighted by Gasteiger charge is 2.20. The minimum atomic E-state index is -0.906. The Morgan fingerprint density at radius 2 is 1.96 bits per heavy atom. The van der Waals surface area contributed by atoms with E-state index in [2.05, 4.69) is 5.32 Å². The van der Waals surface area contributed by atoms with Crippen LogP contribution in [0.4, 0.5) is 16.2 Å². The summed E-state index contributed by atoms with van der Waals surface area (Å²) in [5, 5.41) is 15.3. The number of hydrogen-bond acceptors (Lipinski definition) is 7. The lowest BCUT2D eigenvalue weighted by Gasteiger charge is -2.16. The molecule has 0 saturated carbocycles. The number of nitro benzene ring substituents is 1. The Bertz CT molecular complexity index is 674. The molecule has 0 aliphatic heterocycles. The summed E-state index contributed by atoms with van der Waals surface area (Å²) in [6, 6.07) is 3.06. The Hall–Kier alpha value is -3.17. The second-order valence-electron chi connectivity index (χ2n) is 5.23. The predicted octanol–water partition coefficient (Wildman–Crippen LogP) is 1.05. The molecule has 10 nitrogen and oxygen atoms in total. The van der Waals surface area contributed by atoms with Gasteiger partial charge in [0, 0.05) is 32.8 Å². The summed E-state index contributed by atoms with van der Waals surface area (Å²) in [7, 11) is 3.31. The van der Waals surface area contributed by atoms with Gasteiger partial charge < -0.3 is 15.0 Å². The first kappa shape index (κ1) is 19.9. The molecular weight excluding hydrogens is 332 g/mol. The summed E-state index contributed by atoms with van der Waals surface area (Å²) in [5.74, 6) is -1.71. The molecule has 0 aromatic heterocycles. The number of rotatable bonds is 7. The molecule has 0 aliphatic rings. The fourth-order valence-electron chi connectivity index (χ4n) is 1.85. The minimum Gasteiger partial charge on any atom is -0.452 e. The van der Waals surface area contributed by atoms with E-state index in [0.29, 0.717) is 18.7 Å². The number of nitro groups is 1. The van der Waals surface area contributed by atoms with E-state index in [-0.39, 0.29) is 11.3 Å². The third-order valence-electron chi connectivity index (χ3n) is 3.02. The molecular formula is C15H20N4O6. The van der Waals surface area contributed by atoms with Crippen molar-refractivity contribution < 1.29 is 24.0 Å². The van der Waals surface area contributed by atoms with E-state index in [1.54, 1.807) is 19.0 Å². The molecule has 2 N–H and O–H groups in total. The van der Waals surface area contributed by atoms with E-state index in [0.717, 1.165) is 6.07 Å². The van der Waals surface area contributed by atoms with Crippen molar-refractivity contribution in [2.75, 3.05) is 32.1 Å². The second kappa shape index (κ2) is 9.21. The second-order valence-corrected chi connectivity index (χ2v) is 5.23. The molecule has 0 radical (unpaired) electrons. The van der Waals surface area contributed by atoms with Gasteiger partial charge in [0.15, 0.2) is 6.61 Å². The number of amides is 3. The van der Waals surface area contributed by atoms with E-state index >= 15 is 0 Å². The van der Waals surface area contributed by atoms with Gasteiger partial charge in [-0.2, -0.15) is 0 Å². The monoisotopic (exact) mass is 352 g/mol. The van der Waals surface area contributed by atoms with Crippen molar-refractivity contribution in [2.45, 2.75) is 13.3 Å². The van der Waals surface area contributed by atoms with Crippen LogP contribution < -0.4 is 15.5 Å². The zero-order valence-corrected chi connectivity index (χ0v) is 14.2. The van der Waals surface area contributed by atoms with E-state index in [1.807, 2.05) is 12.2 Å². The fraction of sp³-hybridized carbons (Fsp3) is 0.400. The lowest BCUT2D eigenvalue weighted by molar-refractivity contribution is -0.384. The van der Waals surface area contributed by atoms with Gasteiger partial charge in [-0.15, -0.1) is 0 Å². The number of ether oxygens (including phenoxy) is 1. The molecule has 1 aromatic carbocycles. The van der Waals surface area contributed by atoms with Gasteiger partial charge in [-0.1, -0.05) is 6.92 Å².